The van der Waals surface area contributed by atoms with Crippen molar-refractivity contribution in [3.63, 3.8) is 0 Å². The number of aryl methyl sites for hydroxylation is 2. The molecule has 0 saturated carbocycles. The van der Waals surface area contributed by atoms with Crippen LogP contribution in [0.4, 0.5) is 11.4 Å². The summed E-state index contributed by atoms with van der Waals surface area (Å²) in [7, 11) is 0. The summed E-state index contributed by atoms with van der Waals surface area (Å²) >= 11 is 1.64. The van der Waals surface area contributed by atoms with Gasteiger partial charge < -0.3 is 10.6 Å². The smallest absolute Gasteiger partial charge is 0.221 e. The minimum absolute atomic E-state index is 0.0363. The van der Waals surface area contributed by atoms with Gasteiger partial charge in [0, 0.05) is 17.5 Å². The molecule has 0 fully saturated rings. The van der Waals surface area contributed by atoms with Gasteiger partial charge in [-0.3, -0.25) is 4.79 Å². The minimum Gasteiger partial charge on any atom is -0.380 e. The van der Waals surface area contributed by atoms with E-state index in [4.69, 9.17) is 0 Å². The van der Waals surface area contributed by atoms with Gasteiger partial charge in [-0.2, -0.15) is 0 Å². The number of benzene rings is 1. The molecule has 100 valence electrons. The molecule has 3 nitrogen and oxygen atoms in total. The fraction of sp³-hybridized carbons (Fsp3) is 0.267. The Morgan fingerprint density at radius 2 is 2.00 bits per heavy atom. The number of hydrogen-bond acceptors (Lipinski definition) is 3. The highest BCUT2D eigenvalue weighted by Crippen LogP contribution is 2.24. The number of carbonyl (C=O) groups is 1. The Morgan fingerprint density at radius 1 is 1.21 bits per heavy atom. The van der Waals surface area contributed by atoms with Gasteiger partial charge in [0.25, 0.3) is 0 Å². The lowest BCUT2D eigenvalue weighted by Crippen LogP contribution is -2.08. The molecule has 0 spiro atoms. The van der Waals surface area contributed by atoms with Crippen LogP contribution in [0.2, 0.25) is 0 Å². The maximum atomic E-state index is 11.1. The summed E-state index contributed by atoms with van der Waals surface area (Å²) in [6, 6.07) is 8.26. The zero-order valence-corrected chi connectivity index (χ0v) is 12.2. The molecule has 0 aliphatic rings. The van der Waals surface area contributed by atoms with Gasteiger partial charge in [-0.05, 0) is 48.6 Å². The summed E-state index contributed by atoms with van der Waals surface area (Å²) in [5, 5.41) is 8.22. The molecule has 0 atom stereocenters. The highest BCUT2D eigenvalue weighted by atomic mass is 32.1. The maximum absolute atomic E-state index is 11.1. The molecule has 0 aliphatic carbocycles. The van der Waals surface area contributed by atoms with E-state index in [0.29, 0.717) is 0 Å². The van der Waals surface area contributed by atoms with Crippen molar-refractivity contribution in [3.8, 4) is 0 Å². The summed E-state index contributed by atoms with van der Waals surface area (Å²) in [6.07, 6.45) is 0. The third-order valence-electron chi connectivity index (χ3n) is 3.02. The highest BCUT2D eigenvalue weighted by Gasteiger charge is 2.05. The molecule has 2 N–H and O–H groups in total. The van der Waals surface area contributed by atoms with E-state index in [2.05, 4.69) is 42.7 Å². The van der Waals surface area contributed by atoms with Crippen LogP contribution in [0.5, 0.6) is 0 Å². The summed E-state index contributed by atoms with van der Waals surface area (Å²) < 4.78 is 0. The summed E-state index contributed by atoms with van der Waals surface area (Å²) in [4.78, 5) is 12.2. The molecular weight excluding hydrogens is 256 g/mol. The van der Waals surface area contributed by atoms with Crippen molar-refractivity contribution >= 4 is 28.6 Å². The number of nitrogens with one attached hydrogen (secondary N) is 2. The molecule has 1 amide bonds. The molecule has 0 bridgehead atoms. The van der Waals surface area contributed by atoms with Crippen LogP contribution < -0.4 is 10.6 Å². The Kier molecular flexibility index (Phi) is 4.22. The molecule has 2 rings (SSSR count). The van der Waals surface area contributed by atoms with Crippen LogP contribution >= 0.6 is 11.3 Å². The third-order valence-corrected chi connectivity index (χ3v) is 3.94. The summed E-state index contributed by atoms with van der Waals surface area (Å²) in [6.45, 7) is 6.45. The minimum atomic E-state index is -0.0363. The van der Waals surface area contributed by atoms with Gasteiger partial charge in [-0.25, -0.2) is 0 Å². The maximum Gasteiger partial charge on any atom is 0.221 e. The van der Waals surface area contributed by atoms with Gasteiger partial charge in [0.1, 0.15) is 0 Å². The molecule has 1 aromatic heterocycles. The number of hydrogen-bond donors (Lipinski definition) is 2. The van der Waals surface area contributed by atoms with Crippen molar-refractivity contribution in [1.82, 2.24) is 0 Å². The van der Waals surface area contributed by atoms with Gasteiger partial charge in [-0.1, -0.05) is 6.07 Å². The Bertz CT molecular complexity index is 590. The Labute approximate surface area is 117 Å². The van der Waals surface area contributed by atoms with Crippen molar-refractivity contribution in [3.05, 3.63) is 45.6 Å². The molecule has 19 heavy (non-hydrogen) atoms. The lowest BCUT2D eigenvalue weighted by atomic mass is 10.1. The van der Waals surface area contributed by atoms with E-state index in [0.717, 1.165) is 22.8 Å². The topological polar surface area (TPSA) is 41.1 Å². The van der Waals surface area contributed by atoms with Gasteiger partial charge >= 0.3 is 0 Å². The first kappa shape index (κ1) is 13.6. The van der Waals surface area contributed by atoms with E-state index >= 15 is 0 Å². The second kappa shape index (κ2) is 5.89. The van der Waals surface area contributed by atoms with Crippen LogP contribution in [0.15, 0.2) is 29.6 Å². The molecule has 0 aliphatic heterocycles. The lowest BCUT2D eigenvalue weighted by Gasteiger charge is -2.09. The van der Waals surface area contributed by atoms with Crippen molar-refractivity contribution in [2.75, 3.05) is 10.6 Å². The van der Waals surface area contributed by atoms with Crippen LogP contribution in [0.25, 0.3) is 0 Å². The summed E-state index contributed by atoms with van der Waals surface area (Å²) in [5.41, 5.74) is 4.57. The molecule has 0 saturated heterocycles. The van der Waals surface area contributed by atoms with E-state index in [1.54, 1.807) is 11.3 Å². The Balaban J connectivity index is 2.04. The first-order chi connectivity index (χ1) is 9.06. The van der Waals surface area contributed by atoms with Crippen molar-refractivity contribution in [1.29, 1.82) is 0 Å². The van der Waals surface area contributed by atoms with Crippen molar-refractivity contribution in [2.45, 2.75) is 27.3 Å². The monoisotopic (exact) mass is 274 g/mol. The van der Waals surface area contributed by atoms with Crippen LogP contribution in [-0.2, 0) is 11.3 Å². The van der Waals surface area contributed by atoms with Crippen LogP contribution in [0.1, 0.15) is 22.9 Å². The average Bonchev–Trinajstić information content (AvgIpc) is 2.77. The van der Waals surface area contributed by atoms with E-state index in [9.17, 15) is 4.79 Å². The van der Waals surface area contributed by atoms with Gasteiger partial charge in [0.2, 0.25) is 5.91 Å². The predicted octanol–water partition coefficient (Wildman–Crippen LogP) is 3.94. The number of thiophene rings is 1. The second-order valence-corrected chi connectivity index (χ2v) is 5.59. The third kappa shape index (κ3) is 3.58. The number of rotatable bonds is 4. The van der Waals surface area contributed by atoms with E-state index in [-0.39, 0.29) is 5.91 Å². The first-order valence-corrected chi connectivity index (χ1v) is 7.09. The quantitative estimate of drug-likeness (QED) is 0.886. The Morgan fingerprint density at radius 3 is 2.68 bits per heavy atom. The fourth-order valence-corrected chi connectivity index (χ4v) is 2.58. The van der Waals surface area contributed by atoms with E-state index in [1.807, 2.05) is 11.4 Å². The zero-order chi connectivity index (χ0) is 13.8. The number of anilines is 2. The van der Waals surface area contributed by atoms with Crippen LogP contribution in [0, 0.1) is 13.8 Å². The number of carbonyl (C=O) groups excluding carboxylic acids is 1. The molecule has 1 heterocycles. The highest BCUT2D eigenvalue weighted by molar-refractivity contribution is 7.10. The van der Waals surface area contributed by atoms with Crippen LogP contribution in [-0.4, -0.2) is 5.91 Å². The lowest BCUT2D eigenvalue weighted by molar-refractivity contribution is -0.114. The Hall–Kier alpha value is -1.81. The standard InChI is InChI=1S/C15H18N2OS/c1-10-4-5-13(8-11(10)2)16-9-15-14(6-7-19-15)17-12(3)18/h4-8,16H,9H2,1-3H3,(H,17,18). The van der Waals surface area contributed by atoms with E-state index in [1.165, 1.54) is 18.1 Å². The average molecular weight is 274 g/mol. The first-order valence-electron chi connectivity index (χ1n) is 6.21. The van der Waals surface area contributed by atoms with E-state index < -0.39 is 0 Å². The van der Waals surface area contributed by atoms with Crippen molar-refractivity contribution < 1.29 is 4.79 Å². The van der Waals surface area contributed by atoms with Gasteiger partial charge in [-0.15, -0.1) is 11.3 Å². The molecule has 0 radical (unpaired) electrons. The van der Waals surface area contributed by atoms with Gasteiger partial charge in [0.05, 0.1) is 12.2 Å². The molecule has 1 aromatic carbocycles. The van der Waals surface area contributed by atoms with Gasteiger partial charge in [0.15, 0.2) is 0 Å². The normalized spacial score (nSPS) is 10.3. The SMILES string of the molecule is CC(=O)Nc1ccsc1CNc1ccc(C)c(C)c1. The fourth-order valence-electron chi connectivity index (χ4n) is 1.81. The summed E-state index contributed by atoms with van der Waals surface area (Å²) in [5.74, 6) is -0.0363. The van der Waals surface area contributed by atoms with Crippen LogP contribution in [0.3, 0.4) is 0 Å². The molecular formula is C15H18N2OS. The second-order valence-electron chi connectivity index (χ2n) is 4.59. The molecule has 0 unspecified atom stereocenters. The predicted molar refractivity (Wildman–Crippen MR) is 81.9 cm³/mol. The number of amides is 1. The van der Waals surface area contributed by atoms with Crippen molar-refractivity contribution in [2.24, 2.45) is 0 Å². The largest absolute Gasteiger partial charge is 0.380 e. The zero-order valence-electron chi connectivity index (χ0n) is 11.4. The molecule has 2 aromatic rings. The molecule has 4 heteroatoms.